The third-order valence-corrected chi connectivity index (χ3v) is 5.95. The average Bonchev–Trinajstić information content (AvgIpc) is 2.42. The maximum atomic E-state index is 12.1. The lowest BCUT2D eigenvalue weighted by atomic mass is 9.94. The van der Waals surface area contributed by atoms with Gasteiger partial charge in [0.15, 0.2) is 21.3 Å². The van der Waals surface area contributed by atoms with Crippen molar-refractivity contribution in [1.82, 2.24) is 5.32 Å². The smallest absolute Gasteiger partial charge is 0.161 e. The summed E-state index contributed by atoms with van der Waals surface area (Å²) >= 11 is 0. The molecule has 1 N–H and O–H groups in total. The first-order valence-corrected chi connectivity index (χ1v) is 8.73. The average molecular weight is 315 g/mol. The van der Waals surface area contributed by atoms with Crippen LogP contribution in [0.15, 0.2) is 18.2 Å². The Morgan fingerprint density at radius 1 is 1.19 bits per heavy atom. The van der Waals surface area contributed by atoms with Crippen molar-refractivity contribution >= 4 is 9.84 Å². The molecule has 0 bridgehead atoms. The number of benzene rings is 1. The first-order chi connectivity index (χ1) is 9.68. The van der Waals surface area contributed by atoms with E-state index < -0.39 is 14.6 Å². The number of methoxy groups -OCH3 is 2. The molecule has 5 nitrogen and oxygen atoms in total. The van der Waals surface area contributed by atoms with Gasteiger partial charge in [0.2, 0.25) is 0 Å². The van der Waals surface area contributed by atoms with Gasteiger partial charge >= 0.3 is 0 Å². The summed E-state index contributed by atoms with van der Waals surface area (Å²) in [5, 5.41) is 3.26. The second-order valence-electron chi connectivity index (χ2n) is 5.48. The van der Waals surface area contributed by atoms with Crippen LogP contribution in [0.5, 0.6) is 11.5 Å². The molecule has 0 aliphatic rings. The predicted molar refractivity (Wildman–Crippen MR) is 84.9 cm³/mol. The van der Waals surface area contributed by atoms with Crippen LogP contribution in [0, 0.1) is 0 Å². The van der Waals surface area contributed by atoms with Crippen molar-refractivity contribution in [3.05, 3.63) is 23.8 Å². The van der Waals surface area contributed by atoms with E-state index in [1.54, 1.807) is 34.1 Å². The Morgan fingerprint density at radius 2 is 1.76 bits per heavy atom. The topological polar surface area (TPSA) is 64.6 Å². The highest BCUT2D eigenvalue weighted by Crippen LogP contribution is 2.36. The summed E-state index contributed by atoms with van der Waals surface area (Å²) in [7, 11) is -0.111. The van der Waals surface area contributed by atoms with Crippen molar-refractivity contribution in [1.29, 1.82) is 0 Å². The number of hydrogen-bond donors (Lipinski definition) is 1. The standard InChI is InChI=1S/C15H25NO4S/c1-7-16-14(15(2,3)21(6,17)18)11-8-9-12(19-4)13(10-11)20-5/h8-10,14,16H,7H2,1-6H3. The lowest BCUT2D eigenvalue weighted by molar-refractivity contribution is 0.352. The second kappa shape index (κ2) is 6.66. The fraction of sp³-hybridized carbons (Fsp3) is 0.600. The largest absolute Gasteiger partial charge is 0.493 e. The minimum Gasteiger partial charge on any atom is -0.493 e. The Morgan fingerprint density at radius 3 is 2.19 bits per heavy atom. The highest BCUT2D eigenvalue weighted by molar-refractivity contribution is 7.92. The number of hydrogen-bond acceptors (Lipinski definition) is 5. The van der Waals surface area contributed by atoms with Gasteiger partial charge in [0, 0.05) is 6.26 Å². The Labute approximate surface area is 127 Å². The minimum absolute atomic E-state index is 0.336. The van der Waals surface area contributed by atoms with Crippen molar-refractivity contribution in [2.24, 2.45) is 0 Å². The summed E-state index contributed by atoms with van der Waals surface area (Å²) in [6.45, 7) is 6.07. The maximum absolute atomic E-state index is 12.1. The number of rotatable bonds is 7. The molecule has 0 amide bonds. The zero-order valence-corrected chi connectivity index (χ0v) is 14.4. The van der Waals surface area contributed by atoms with Gasteiger partial charge in [-0.05, 0) is 38.1 Å². The van der Waals surface area contributed by atoms with Gasteiger partial charge in [-0.2, -0.15) is 0 Å². The molecule has 0 saturated carbocycles. The molecule has 0 radical (unpaired) electrons. The van der Waals surface area contributed by atoms with E-state index in [1.165, 1.54) is 6.26 Å². The quantitative estimate of drug-likeness (QED) is 0.835. The SMILES string of the molecule is CCNC(c1ccc(OC)c(OC)c1)C(C)(C)S(C)(=O)=O. The molecule has 0 spiro atoms. The van der Waals surface area contributed by atoms with Crippen molar-refractivity contribution in [2.45, 2.75) is 31.6 Å². The minimum atomic E-state index is -3.24. The molecule has 0 aliphatic heterocycles. The van der Waals surface area contributed by atoms with Gasteiger partial charge in [-0.25, -0.2) is 8.42 Å². The summed E-state index contributed by atoms with van der Waals surface area (Å²) in [6, 6.07) is 5.13. The molecule has 0 fully saturated rings. The molecule has 0 heterocycles. The predicted octanol–water partition coefficient (Wildman–Crippen LogP) is 2.18. The van der Waals surface area contributed by atoms with Crippen LogP contribution < -0.4 is 14.8 Å². The molecule has 0 aromatic heterocycles. The van der Waals surface area contributed by atoms with Crippen molar-refractivity contribution in [2.75, 3.05) is 27.0 Å². The molecule has 21 heavy (non-hydrogen) atoms. The Bertz CT molecular complexity index is 581. The van der Waals surface area contributed by atoms with E-state index in [9.17, 15) is 8.42 Å². The van der Waals surface area contributed by atoms with Crippen molar-refractivity contribution in [3.8, 4) is 11.5 Å². The number of ether oxygens (including phenoxy) is 2. The third kappa shape index (κ3) is 3.68. The van der Waals surface area contributed by atoms with E-state index in [0.717, 1.165) is 5.56 Å². The summed E-state index contributed by atoms with van der Waals surface area (Å²) in [5.41, 5.74) is 0.852. The van der Waals surface area contributed by atoms with Gasteiger partial charge in [0.1, 0.15) is 0 Å². The summed E-state index contributed by atoms with van der Waals surface area (Å²) in [5.74, 6) is 1.20. The molecular formula is C15H25NO4S. The lowest BCUT2D eigenvalue weighted by Gasteiger charge is -2.34. The molecule has 1 unspecified atom stereocenters. The van der Waals surface area contributed by atoms with E-state index in [4.69, 9.17) is 9.47 Å². The van der Waals surface area contributed by atoms with Crippen LogP contribution in [0.2, 0.25) is 0 Å². The Hall–Kier alpha value is -1.27. The van der Waals surface area contributed by atoms with Crippen LogP contribution >= 0.6 is 0 Å². The van der Waals surface area contributed by atoms with Gasteiger partial charge in [-0.3, -0.25) is 0 Å². The van der Waals surface area contributed by atoms with E-state index >= 15 is 0 Å². The molecule has 120 valence electrons. The van der Waals surface area contributed by atoms with Crippen LogP contribution in [-0.2, 0) is 9.84 Å². The molecule has 1 aromatic carbocycles. The molecule has 0 aliphatic carbocycles. The zero-order valence-electron chi connectivity index (χ0n) is 13.6. The first-order valence-electron chi connectivity index (χ1n) is 6.84. The van der Waals surface area contributed by atoms with Gasteiger partial charge in [0.05, 0.1) is 25.0 Å². The molecule has 0 saturated heterocycles. The monoisotopic (exact) mass is 315 g/mol. The van der Waals surface area contributed by atoms with E-state index in [-0.39, 0.29) is 6.04 Å². The Kier molecular flexibility index (Phi) is 5.64. The lowest BCUT2D eigenvalue weighted by Crippen LogP contribution is -2.45. The van der Waals surface area contributed by atoms with E-state index in [2.05, 4.69) is 5.32 Å². The van der Waals surface area contributed by atoms with Crippen LogP contribution in [0.3, 0.4) is 0 Å². The molecule has 1 rings (SSSR count). The van der Waals surface area contributed by atoms with Crippen LogP contribution in [-0.4, -0.2) is 40.2 Å². The third-order valence-electron chi connectivity index (χ3n) is 3.80. The fourth-order valence-electron chi connectivity index (χ4n) is 2.22. The van der Waals surface area contributed by atoms with Crippen molar-refractivity contribution in [3.63, 3.8) is 0 Å². The van der Waals surface area contributed by atoms with Crippen LogP contribution in [0.4, 0.5) is 0 Å². The number of nitrogens with one attached hydrogen (secondary N) is 1. The van der Waals surface area contributed by atoms with Crippen molar-refractivity contribution < 1.29 is 17.9 Å². The van der Waals surface area contributed by atoms with Gasteiger partial charge in [-0.1, -0.05) is 13.0 Å². The molecule has 1 aromatic rings. The van der Waals surface area contributed by atoms with Gasteiger partial charge in [-0.15, -0.1) is 0 Å². The maximum Gasteiger partial charge on any atom is 0.161 e. The highest BCUT2D eigenvalue weighted by atomic mass is 32.2. The summed E-state index contributed by atoms with van der Waals surface area (Å²) in [6.07, 6.45) is 1.26. The van der Waals surface area contributed by atoms with Crippen LogP contribution in [0.1, 0.15) is 32.4 Å². The van der Waals surface area contributed by atoms with Gasteiger partial charge in [0.25, 0.3) is 0 Å². The molecular weight excluding hydrogens is 290 g/mol. The zero-order chi connectivity index (χ0) is 16.3. The van der Waals surface area contributed by atoms with E-state index in [0.29, 0.717) is 18.0 Å². The fourth-order valence-corrected chi connectivity index (χ4v) is 2.86. The van der Waals surface area contributed by atoms with Gasteiger partial charge < -0.3 is 14.8 Å². The van der Waals surface area contributed by atoms with E-state index in [1.807, 2.05) is 19.1 Å². The highest BCUT2D eigenvalue weighted by Gasteiger charge is 2.39. The molecule has 1 atom stereocenters. The first kappa shape index (κ1) is 17.8. The van der Waals surface area contributed by atoms with Crippen LogP contribution in [0.25, 0.3) is 0 Å². The second-order valence-corrected chi connectivity index (χ2v) is 8.08. The Balaban J connectivity index is 3.36. The molecule has 6 heteroatoms. The number of sulfone groups is 1. The normalized spacial score (nSPS) is 13.8. The summed E-state index contributed by atoms with van der Waals surface area (Å²) < 4.78 is 33.8. The summed E-state index contributed by atoms with van der Waals surface area (Å²) in [4.78, 5) is 0.